The Balaban J connectivity index is 1.55. The summed E-state index contributed by atoms with van der Waals surface area (Å²) in [5.41, 5.74) is 0.0473. The minimum absolute atomic E-state index is 0.0916. The molecular weight excluding hydrogens is 374 g/mol. The fourth-order valence-electron chi connectivity index (χ4n) is 4.61. The molecule has 1 aromatic rings. The number of hydrogen-bond acceptors (Lipinski definition) is 4. The molecule has 2 aliphatic heterocycles. The van der Waals surface area contributed by atoms with Crippen LogP contribution in [-0.2, 0) is 9.59 Å². The predicted octanol–water partition coefficient (Wildman–Crippen LogP) is 3.40. The van der Waals surface area contributed by atoms with Crippen molar-refractivity contribution in [2.24, 2.45) is 5.92 Å². The maximum absolute atomic E-state index is 13.2. The van der Waals surface area contributed by atoms with Crippen molar-refractivity contribution in [2.45, 2.75) is 61.6 Å². The van der Waals surface area contributed by atoms with E-state index >= 15 is 0 Å². The number of imide groups is 1. The van der Waals surface area contributed by atoms with Gasteiger partial charge in [0.1, 0.15) is 12.1 Å². The number of amides is 4. The molecule has 1 saturated heterocycles. The highest BCUT2D eigenvalue weighted by Gasteiger charge is 2.55. The van der Waals surface area contributed by atoms with E-state index in [1.807, 2.05) is 31.2 Å². The molecule has 2 heterocycles. The highest BCUT2D eigenvalue weighted by molar-refractivity contribution is 8.00. The minimum Gasteiger partial charge on any atom is -0.323 e. The molecule has 3 aliphatic rings. The first-order valence-corrected chi connectivity index (χ1v) is 11.0. The lowest BCUT2D eigenvalue weighted by Gasteiger charge is -2.36. The van der Waals surface area contributed by atoms with E-state index in [0.29, 0.717) is 18.2 Å². The van der Waals surface area contributed by atoms with Crippen LogP contribution in [0.25, 0.3) is 0 Å². The Morgan fingerprint density at radius 3 is 2.79 bits per heavy atom. The third-order valence-corrected chi connectivity index (χ3v) is 7.58. The van der Waals surface area contributed by atoms with Crippen molar-refractivity contribution >= 4 is 35.3 Å². The van der Waals surface area contributed by atoms with Crippen molar-refractivity contribution in [1.29, 1.82) is 0 Å². The average molecular weight is 402 g/mol. The normalized spacial score (nSPS) is 30.2. The molecule has 1 saturated carbocycles. The predicted molar refractivity (Wildman–Crippen MR) is 109 cm³/mol. The lowest BCUT2D eigenvalue weighted by molar-refractivity contribution is -0.136. The zero-order chi connectivity index (χ0) is 19.9. The Kier molecular flexibility index (Phi) is 5.12. The third kappa shape index (κ3) is 3.19. The van der Waals surface area contributed by atoms with E-state index in [2.05, 4.69) is 12.2 Å². The molecule has 0 bridgehead atoms. The number of carbonyl (C=O) groups excluding carboxylic acids is 3. The number of urea groups is 1. The van der Waals surface area contributed by atoms with Crippen LogP contribution >= 0.6 is 11.8 Å². The van der Waals surface area contributed by atoms with Gasteiger partial charge in [-0.25, -0.2) is 4.79 Å². The molecule has 150 valence electrons. The summed E-state index contributed by atoms with van der Waals surface area (Å²) in [5, 5.41) is 3.33. The fraction of sp³-hybridized carbons (Fsp3) is 0.571. The topological polar surface area (TPSA) is 69.7 Å². The second-order valence-electron chi connectivity index (χ2n) is 8.17. The van der Waals surface area contributed by atoms with Gasteiger partial charge in [0, 0.05) is 16.7 Å². The molecule has 4 rings (SSSR count). The molecule has 28 heavy (non-hydrogen) atoms. The van der Waals surface area contributed by atoms with Gasteiger partial charge in [0.2, 0.25) is 5.91 Å². The summed E-state index contributed by atoms with van der Waals surface area (Å²) in [6.07, 6.45) is 4.44. The number of hydrogen-bond donors (Lipinski definition) is 1. The second-order valence-corrected chi connectivity index (χ2v) is 9.65. The zero-order valence-electron chi connectivity index (χ0n) is 16.4. The second kappa shape index (κ2) is 7.43. The van der Waals surface area contributed by atoms with E-state index in [-0.39, 0.29) is 24.3 Å². The number of rotatable bonds is 2. The van der Waals surface area contributed by atoms with Crippen LogP contribution in [0.1, 0.15) is 46.0 Å². The average Bonchev–Trinajstić information content (AvgIpc) is 2.81. The Bertz CT molecular complexity index is 814. The Hall–Kier alpha value is -2.02. The van der Waals surface area contributed by atoms with Gasteiger partial charge in [-0.3, -0.25) is 14.5 Å². The van der Waals surface area contributed by atoms with Gasteiger partial charge in [0.25, 0.3) is 5.91 Å². The number of nitrogens with one attached hydrogen (secondary N) is 1. The largest absolute Gasteiger partial charge is 0.325 e. The molecule has 3 atom stereocenters. The van der Waals surface area contributed by atoms with Crippen molar-refractivity contribution in [3.63, 3.8) is 0 Å². The van der Waals surface area contributed by atoms with Gasteiger partial charge in [-0.05, 0) is 37.3 Å². The smallest absolute Gasteiger partial charge is 0.323 e. The number of carbonyl (C=O) groups is 3. The number of para-hydroxylation sites is 1. The van der Waals surface area contributed by atoms with Gasteiger partial charge in [-0.15, -0.1) is 11.8 Å². The van der Waals surface area contributed by atoms with Crippen LogP contribution < -0.4 is 10.2 Å². The summed E-state index contributed by atoms with van der Waals surface area (Å²) in [6, 6.07) is 7.42. The lowest BCUT2D eigenvalue weighted by atomic mass is 9.73. The quantitative estimate of drug-likeness (QED) is 0.771. The Morgan fingerprint density at radius 2 is 2.00 bits per heavy atom. The monoisotopic (exact) mass is 401 g/mol. The summed E-state index contributed by atoms with van der Waals surface area (Å²) in [6.45, 7) is 4.56. The first kappa shape index (κ1) is 19.3. The van der Waals surface area contributed by atoms with Gasteiger partial charge in [0.05, 0.1) is 5.69 Å². The molecule has 1 aromatic carbocycles. The highest BCUT2D eigenvalue weighted by Crippen LogP contribution is 2.39. The maximum atomic E-state index is 13.2. The molecule has 0 aromatic heterocycles. The van der Waals surface area contributed by atoms with Crippen molar-refractivity contribution in [2.75, 3.05) is 18.0 Å². The van der Waals surface area contributed by atoms with Crippen molar-refractivity contribution in [3.05, 3.63) is 24.3 Å². The zero-order valence-corrected chi connectivity index (χ0v) is 17.3. The third-order valence-electron chi connectivity index (χ3n) is 6.34. The SMILES string of the molecule is C[C@@H]1CCN(C(=O)CN2C(=O)N[C@@]3(CCCC[C@H]3C)C2=O)c2ccccc2S1. The minimum atomic E-state index is -0.823. The van der Waals surface area contributed by atoms with E-state index in [1.165, 1.54) is 0 Å². The summed E-state index contributed by atoms with van der Waals surface area (Å²) in [4.78, 5) is 42.9. The Morgan fingerprint density at radius 1 is 1.21 bits per heavy atom. The van der Waals surface area contributed by atoms with E-state index in [0.717, 1.165) is 41.2 Å². The molecule has 4 amide bonds. The van der Waals surface area contributed by atoms with Crippen LogP contribution in [0.2, 0.25) is 0 Å². The maximum Gasteiger partial charge on any atom is 0.325 e. The molecule has 0 unspecified atom stereocenters. The number of thioether (sulfide) groups is 1. The molecule has 0 radical (unpaired) electrons. The number of fused-ring (bicyclic) bond motifs is 1. The molecule has 6 nitrogen and oxygen atoms in total. The van der Waals surface area contributed by atoms with Gasteiger partial charge in [-0.2, -0.15) is 0 Å². The Labute approximate surface area is 170 Å². The van der Waals surface area contributed by atoms with Crippen molar-refractivity contribution in [1.82, 2.24) is 10.2 Å². The summed E-state index contributed by atoms with van der Waals surface area (Å²) in [5.74, 6) is -0.343. The highest BCUT2D eigenvalue weighted by atomic mass is 32.2. The van der Waals surface area contributed by atoms with Crippen LogP contribution in [0.5, 0.6) is 0 Å². The number of anilines is 1. The van der Waals surface area contributed by atoms with E-state index < -0.39 is 11.6 Å². The molecule has 1 N–H and O–H groups in total. The van der Waals surface area contributed by atoms with Gasteiger partial charge in [0.15, 0.2) is 0 Å². The first-order valence-electron chi connectivity index (χ1n) is 10.1. The summed E-state index contributed by atoms with van der Waals surface area (Å²) >= 11 is 1.76. The first-order chi connectivity index (χ1) is 13.4. The van der Waals surface area contributed by atoms with Gasteiger partial charge >= 0.3 is 6.03 Å². The van der Waals surface area contributed by atoms with E-state index in [1.54, 1.807) is 16.7 Å². The molecule has 1 spiro atoms. The standard InChI is InChI=1S/C21H27N3O3S/c1-14-7-5-6-11-21(14)19(26)24(20(27)22-21)13-18(25)23-12-10-15(2)28-17-9-4-3-8-16(17)23/h3-4,8-9,14-15H,5-7,10-13H2,1-2H3,(H,22,27)/t14-,15-,21-/m1/s1. The number of nitrogens with zero attached hydrogens (tertiary/aromatic N) is 2. The van der Waals surface area contributed by atoms with Crippen LogP contribution in [0.3, 0.4) is 0 Å². The summed E-state index contributed by atoms with van der Waals surface area (Å²) < 4.78 is 0. The van der Waals surface area contributed by atoms with Crippen LogP contribution in [-0.4, -0.2) is 46.6 Å². The van der Waals surface area contributed by atoms with Gasteiger partial charge < -0.3 is 10.2 Å². The molecular formula is C21H27N3O3S. The fourth-order valence-corrected chi connectivity index (χ4v) is 5.72. The lowest BCUT2D eigenvalue weighted by Crippen LogP contribution is -2.54. The van der Waals surface area contributed by atoms with Crippen molar-refractivity contribution in [3.8, 4) is 0 Å². The van der Waals surface area contributed by atoms with Crippen LogP contribution in [0, 0.1) is 5.92 Å². The van der Waals surface area contributed by atoms with E-state index in [9.17, 15) is 14.4 Å². The van der Waals surface area contributed by atoms with Crippen LogP contribution in [0.15, 0.2) is 29.2 Å². The molecule has 1 aliphatic carbocycles. The van der Waals surface area contributed by atoms with Crippen molar-refractivity contribution < 1.29 is 14.4 Å². The van der Waals surface area contributed by atoms with Gasteiger partial charge in [-0.1, -0.05) is 38.8 Å². The number of benzene rings is 1. The molecule has 2 fully saturated rings. The van der Waals surface area contributed by atoms with E-state index in [4.69, 9.17) is 0 Å². The molecule has 7 heteroatoms. The summed E-state index contributed by atoms with van der Waals surface area (Å²) in [7, 11) is 0. The van der Waals surface area contributed by atoms with Crippen LogP contribution in [0.4, 0.5) is 10.5 Å².